The number of carbonyl (C=O) groups excluding carboxylic acids is 3. The van der Waals surface area contributed by atoms with Crippen LogP contribution in [0, 0.1) is 0 Å². The van der Waals surface area contributed by atoms with Gasteiger partial charge in [-0.1, -0.05) is 0 Å². The Kier molecular flexibility index (Phi) is 7.32. The van der Waals surface area contributed by atoms with Crippen LogP contribution in [0.4, 0.5) is 5.69 Å². The van der Waals surface area contributed by atoms with E-state index in [4.69, 9.17) is 24.7 Å². The highest BCUT2D eigenvalue weighted by Crippen LogP contribution is 2.26. The van der Waals surface area contributed by atoms with E-state index in [1.54, 1.807) is 24.3 Å². The molecule has 0 aromatic heterocycles. The molecule has 0 radical (unpaired) electrons. The number of carbonyl (C=O) groups is 3. The van der Waals surface area contributed by atoms with Gasteiger partial charge in [-0.2, -0.15) is 0 Å². The molecule has 2 rings (SSSR count). The monoisotopic (exact) mass is 396 g/mol. The van der Waals surface area contributed by atoms with E-state index >= 15 is 0 Å². The summed E-state index contributed by atoms with van der Waals surface area (Å²) < 4.78 is 21.4. The number of nitrogens with two attached hydrogens (primary N) is 1. The Hall–Kier alpha value is -2.69. The van der Waals surface area contributed by atoms with Gasteiger partial charge < -0.3 is 35.1 Å². The molecule has 1 amide bonds. The molecule has 10 heteroatoms. The van der Waals surface area contributed by atoms with E-state index in [0.29, 0.717) is 11.4 Å². The maximum absolute atomic E-state index is 11.3. The second kappa shape index (κ2) is 9.49. The van der Waals surface area contributed by atoms with Gasteiger partial charge in [0, 0.05) is 26.5 Å². The lowest BCUT2D eigenvalue weighted by Crippen LogP contribution is -2.64. The number of benzene rings is 1. The molecule has 1 aromatic carbocycles. The summed E-state index contributed by atoms with van der Waals surface area (Å²) in [5.41, 5.74) is 6.59. The lowest BCUT2D eigenvalue weighted by atomic mass is 9.97. The van der Waals surface area contributed by atoms with Crippen molar-refractivity contribution in [3.63, 3.8) is 0 Å². The average Bonchev–Trinajstić information content (AvgIpc) is 2.61. The number of ether oxygens (including phenoxy) is 4. The number of rotatable bonds is 6. The normalized spacial score (nSPS) is 26.8. The highest BCUT2D eigenvalue weighted by Gasteiger charge is 2.47. The topological polar surface area (TPSA) is 146 Å². The Balaban J connectivity index is 2.11. The molecule has 0 spiro atoms. The fraction of sp³-hybridized carbons (Fsp3) is 0.500. The third-order valence-electron chi connectivity index (χ3n) is 3.91. The zero-order valence-corrected chi connectivity index (χ0v) is 15.8. The van der Waals surface area contributed by atoms with Crippen molar-refractivity contribution in [3.8, 4) is 5.75 Å². The summed E-state index contributed by atoms with van der Waals surface area (Å²) in [4.78, 5) is 33.5. The molecular weight excluding hydrogens is 372 g/mol. The van der Waals surface area contributed by atoms with E-state index in [9.17, 15) is 19.5 Å². The minimum atomic E-state index is -1.31. The van der Waals surface area contributed by atoms with E-state index in [-0.39, 0.29) is 12.5 Å². The smallest absolute Gasteiger partial charge is 0.303 e. The van der Waals surface area contributed by atoms with Gasteiger partial charge in [0.2, 0.25) is 12.2 Å². The van der Waals surface area contributed by atoms with Crippen molar-refractivity contribution in [1.82, 2.24) is 0 Å². The molecule has 0 saturated carbocycles. The van der Waals surface area contributed by atoms with Crippen LogP contribution in [0.2, 0.25) is 0 Å². The first-order valence-corrected chi connectivity index (χ1v) is 8.61. The van der Waals surface area contributed by atoms with E-state index in [2.05, 4.69) is 5.32 Å². The lowest BCUT2D eigenvalue weighted by molar-refractivity contribution is -0.254. The van der Waals surface area contributed by atoms with Gasteiger partial charge in [0.15, 0.2) is 0 Å². The fourth-order valence-corrected chi connectivity index (χ4v) is 2.69. The summed E-state index contributed by atoms with van der Waals surface area (Å²) in [6, 6.07) is 5.35. The summed E-state index contributed by atoms with van der Waals surface area (Å²) >= 11 is 0. The Labute approximate surface area is 161 Å². The fourth-order valence-electron chi connectivity index (χ4n) is 2.69. The minimum absolute atomic E-state index is 0.212. The molecule has 4 N–H and O–H groups in total. The SMILES string of the molecule is CC(=O)Nc1ccc(OC2OC(COC(C)=O)C(OC(C)=O)C(N)C2O)cc1. The van der Waals surface area contributed by atoms with E-state index < -0.39 is 42.6 Å². The number of hydrogen-bond acceptors (Lipinski definition) is 9. The average molecular weight is 396 g/mol. The Morgan fingerprint density at radius 2 is 1.79 bits per heavy atom. The maximum atomic E-state index is 11.3. The van der Waals surface area contributed by atoms with E-state index in [0.717, 1.165) is 0 Å². The summed E-state index contributed by atoms with van der Waals surface area (Å²) in [5, 5.41) is 13.0. The second-order valence-electron chi connectivity index (χ2n) is 6.31. The number of anilines is 1. The van der Waals surface area contributed by atoms with Gasteiger partial charge in [-0.15, -0.1) is 0 Å². The van der Waals surface area contributed by atoms with E-state index in [1.807, 2.05) is 0 Å². The largest absolute Gasteiger partial charge is 0.463 e. The maximum Gasteiger partial charge on any atom is 0.303 e. The number of hydrogen-bond donors (Lipinski definition) is 3. The highest BCUT2D eigenvalue weighted by molar-refractivity contribution is 5.88. The first kappa shape index (κ1) is 21.6. The quantitative estimate of drug-likeness (QED) is 0.562. The van der Waals surface area contributed by atoms with E-state index in [1.165, 1.54) is 20.8 Å². The Morgan fingerprint density at radius 1 is 1.14 bits per heavy atom. The molecule has 0 bridgehead atoms. The summed E-state index contributed by atoms with van der Waals surface area (Å²) in [6.45, 7) is 3.58. The van der Waals surface area contributed by atoms with Crippen molar-refractivity contribution >= 4 is 23.5 Å². The molecule has 5 atom stereocenters. The van der Waals surface area contributed by atoms with Crippen molar-refractivity contribution in [2.24, 2.45) is 5.73 Å². The summed E-state index contributed by atoms with van der Waals surface area (Å²) in [6.07, 6.45) is -4.44. The molecule has 28 heavy (non-hydrogen) atoms. The van der Waals surface area contributed by atoms with Crippen LogP contribution in [0.1, 0.15) is 20.8 Å². The number of aliphatic hydroxyl groups excluding tert-OH is 1. The molecule has 0 aliphatic carbocycles. The third-order valence-corrected chi connectivity index (χ3v) is 3.91. The molecular formula is C18H24N2O8. The van der Waals surface area contributed by atoms with Gasteiger partial charge in [0.25, 0.3) is 0 Å². The van der Waals surface area contributed by atoms with Gasteiger partial charge in [0.1, 0.15) is 30.7 Å². The van der Waals surface area contributed by atoms with Crippen LogP contribution in [0.3, 0.4) is 0 Å². The van der Waals surface area contributed by atoms with Crippen molar-refractivity contribution in [2.75, 3.05) is 11.9 Å². The molecule has 1 fully saturated rings. The predicted octanol–water partition coefficient (Wildman–Crippen LogP) is -0.0683. The lowest BCUT2D eigenvalue weighted by Gasteiger charge is -2.42. The van der Waals surface area contributed by atoms with Crippen LogP contribution < -0.4 is 15.8 Å². The minimum Gasteiger partial charge on any atom is -0.463 e. The number of amides is 1. The summed E-state index contributed by atoms with van der Waals surface area (Å²) in [7, 11) is 0. The molecule has 1 aromatic rings. The molecule has 10 nitrogen and oxygen atoms in total. The van der Waals surface area contributed by atoms with Crippen LogP contribution in [0.5, 0.6) is 5.75 Å². The van der Waals surface area contributed by atoms with Crippen molar-refractivity contribution in [3.05, 3.63) is 24.3 Å². The van der Waals surface area contributed by atoms with Crippen LogP contribution >= 0.6 is 0 Å². The molecule has 1 heterocycles. The van der Waals surface area contributed by atoms with Crippen molar-refractivity contribution in [1.29, 1.82) is 0 Å². The summed E-state index contributed by atoms with van der Waals surface area (Å²) in [5.74, 6) is -1.02. The second-order valence-corrected chi connectivity index (χ2v) is 6.31. The highest BCUT2D eigenvalue weighted by atomic mass is 16.7. The molecule has 1 aliphatic heterocycles. The number of aliphatic hydroxyl groups is 1. The first-order chi connectivity index (χ1) is 13.2. The Morgan fingerprint density at radius 3 is 2.32 bits per heavy atom. The van der Waals surface area contributed by atoms with Gasteiger partial charge >= 0.3 is 11.9 Å². The van der Waals surface area contributed by atoms with Crippen LogP contribution in [-0.2, 0) is 28.6 Å². The standard InChI is InChI=1S/C18H24N2O8/c1-9(21)20-12-4-6-13(7-5-12)27-18-16(24)15(19)17(26-11(3)23)14(28-18)8-25-10(2)22/h4-7,14-18,24H,8,19H2,1-3H3,(H,20,21). The first-order valence-electron chi connectivity index (χ1n) is 8.61. The van der Waals surface area contributed by atoms with Crippen LogP contribution in [-0.4, -0.2) is 60.2 Å². The number of esters is 2. The third kappa shape index (κ3) is 5.91. The van der Waals surface area contributed by atoms with Crippen LogP contribution in [0.25, 0.3) is 0 Å². The number of nitrogens with one attached hydrogen (secondary N) is 1. The van der Waals surface area contributed by atoms with Crippen molar-refractivity contribution < 1.29 is 38.4 Å². The molecule has 154 valence electrons. The predicted molar refractivity (Wildman–Crippen MR) is 96.2 cm³/mol. The molecule has 1 aliphatic rings. The van der Waals surface area contributed by atoms with Gasteiger partial charge in [-0.25, -0.2) is 0 Å². The zero-order valence-electron chi connectivity index (χ0n) is 15.8. The molecule has 5 unspecified atom stereocenters. The van der Waals surface area contributed by atoms with Gasteiger partial charge in [-0.05, 0) is 24.3 Å². The van der Waals surface area contributed by atoms with Crippen molar-refractivity contribution in [2.45, 2.75) is 51.4 Å². The van der Waals surface area contributed by atoms with Gasteiger partial charge in [-0.3, -0.25) is 14.4 Å². The van der Waals surface area contributed by atoms with Crippen LogP contribution in [0.15, 0.2) is 24.3 Å². The van der Waals surface area contributed by atoms with Gasteiger partial charge in [0.05, 0.1) is 6.04 Å². The zero-order chi connectivity index (χ0) is 20.8. The Bertz CT molecular complexity index is 708. The molecule has 1 saturated heterocycles.